The highest BCUT2D eigenvalue weighted by atomic mass is 16.2. The molecule has 1 rings (SSSR count). The van der Waals surface area contributed by atoms with Crippen LogP contribution >= 0.6 is 0 Å². The average molecular weight is 305 g/mol. The van der Waals surface area contributed by atoms with Crippen LogP contribution in [0.15, 0.2) is 24.3 Å². The summed E-state index contributed by atoms with van der Waals surface area (Å²) in [6.07, 6.45) is 0.972. The lowest BCUT2D eigenvalue weighted by atomic mass is 10.1. The number of hydrogen-bond donors (Lipinski definition) is 2. The zero-order valence-corrected chi connectivity index (χ0v) is 14.2. The van der Waals surface area contributed by atoms with Crippen LogP contribution in [0.4, 0.5) is 5.69 Å². The van der Waals surface area contributed by atoms with Gasteiger partial charge in [-0.25, -0.2) is 0 Å². The van der Waals surface area contributed by atoms with Gasteiger partial charge < -0.3 is 10.6 Å². The molecule has 122 valence electrons. The fourth-order valence-electron chi connectivity index (χ4n) is 2.03. The summed E-state index contributed by atoms with van der Waals surface area (Å²) in [4.78, 5) is 25.4. The Morgan fingerprint density at radius 3 is 2.09 bits per heavy atom. The predicted molar refractivity (Wildman–Crippen MR) is 89.8 cm³/mol. The van der Waals surface area contributed by atoms with Gasteiger partial charge in [-0.3, -0.25) is 14.5 Å². The predicted octanol–water partition coefficient (Wildman–Crippen LogP) is 2.03. The van der Waals surface area contributed by atoms with Crippen molar-refractivity contribution < 1.29 is 9.59 Å². The molecule has 0 bridgehead atoms. The molecule has 5 heteroatoms. The first-order valence-corrected chi connectivity index (χ1v) is 7.58. The van der Waals surface area contributed by atoms with E-state index >= 15 is 0 Å². The number of nitrogens with zero attached hydrogens (tertiary/aromatic N) is 1. The van der Waals surface area contributed by atoms with E-state index in [1.165, 1.54) is 5.56 Å². The lowest BCUT2D eigenvalue weighted by molar-refractivity contribution is -0.124. The zero-order chi connectivity index (χ0) is 16.8. The molecule has 0 radical (unpaired) electrons. The Kier molecular flexibility index (Phi) is 6.56. The van der Waals surface area contributed by atoms with Crippen LogP contribution in [0.1, 0.15) is 33.3 Å². The van der Waals surface area contributed by atoms with Gasteiger partial charge in [0, 0.05) is 11.2 Å². The summed E-state index contributed by atoms with van der Waals surface area (Å²) >= 11 is 0. The summed E-state index contributed by atoms with van der Waals surface area (Å²) in [5, 5.41) is 5.71. The Morgan fingerprint density at radius 2 is 1.59 bits per heavy atom. The molecule has 0 atom stereocenters. The van der Waals surface area contributed by atoms with Crippen molar-refractivity contribution in [1.29, 1.82) is 0 Å². The van der Waals surface area contributed by atoms with E-state index in [1.807, 2.05) is 45.0 Å². The minimum atomic E-state index is -0.263. The third-order valence-electron chi connectivity index (χ3n) is 2.99. The largest absolute Gasteiger partial charge is 0.350 e. The van der Waals surface area contributed by atoms with E-state index in [4.69, 9.17) is 0 Å². The van der Waals surface area contributed by atoms with Gasteiger partial charge in [-0.05, 0) is 51.9 Å². The molecular formula is C17H27N3O2. The number of benzene rings is 1. The SMILES string of the molecule is CCc1ccc(NC(=O)CN(C)CC(=O)NC(C)(C)C)cc1. The molecule has 0 saturated carbocycles. The number of anilines is 1. The van der Waals surface area contributed by atoms with Crippen LogP contribution in [0.25, 0.3) is 0 Å². The van der Waals surface area contributed by atoms with Crippen LogP contribution in [0.5, 0.6) is 0 Å². The maximum absolute atomic E-state index is 12.0. The van der Waals surface area contributed by atoms with Crippen molar-refractivity contribution in [2.24, 2.45) is 0 Å². The average Bonchev–Trinajstić information content (AvgIpc) is 2.36. The number of rotatable bonds is 6. The number of hydrogen-bond acceptors (Lipinski definition) is 3. The van der Waals surface area contributed by atoms with Gasteiger partial charge in [0.05, 0.1) is 13.1 Å². The fraction of sp³-hybridized carbons (Fsp3) is 0.529. The van der Waals surface area contributed by atoms with Crippen molar-refractivity contribution in [2.45, 2.75) is 39.7 Å². The van der Waals surface area contributed by atoms with E-state index < -0.39 is 0 Å². The highest BCUT2D eigenvalue weighted by Crippen LogP contribution is 2.09. The van der Waals surface area contributed by atoms with Crippen molar-refractivity contribution in [2.75, 3.05) is 25.5 Å². The van der Waals surface area contributed by atoms with Crippen LogP contribution in [0, 0.1) is 0 Å². The molecule has 0 unspecified atom stereocenters. The maximum atomic E-state index is 12.0. The summed E-state index contributed by atoms with van der Waals surface area (Å²) in [6, 6.07) is 7.78. The van der Waals surface area contributed by atoms with E-state index in [2.05, 4.69) is 17.6 Å². The molecule has 1 aromatic carbocycles. The van der Waals surface area contributed by atoms with Crippen LogP contribution in [-0.2, 0) is 16.0 Å². The van der Waals surface area contributed by atoms with Gasteiger partial charge in [-0.1, -0.05) is 19.1 Å². The molecule has 0 aliphatic carbocycles. The zero-order valence-electron chi connectivity index (χ0n) is 14.2. The maximum Gasteiger partial charge on any atom is 0.238 e. The molecule has 1 aromatic rings. The molecule has 22 heavy (non-hydrogen) atoms. The molecule has 0 fully saturated rings. The number of amides is 2. The normalized spacial score (nSPS) is 11.4. The van der Waals surface area contributed by atoms with Gasteiger partial charge in [0.15, 0.2) is 0 Å². The molecule has 2 amide bonds. The highest BCUT2D eigenvalue weighted by molar-refractivity contribution is 5.92. The van der Waals surface area contributed by atoms with Crippen molar-refractivity contribution >= 4 is 17.5 Å². The van der Waals surface area contributed by atoms with E-state index in [1.54, 1.807) is 11.9 Å². The Balaban J connectivity index is 2.41. The monoisotopic (exact) mass is 305 g/mol. The lowest BCUT2D eigenvalue weighted by Gasteiger charge is -2.23. The fourth-order valence-corrected chi connectivity index (χ4v) is 2.03. The Hall–Kier alpha value is -1.88. The van der Waals surface area contributed by atoms with Gasteiger partial charge in [0.25, 0.3) is 0 Å². The van der Waals surface area contributed by atoms with Crippen molar-refractivity contribution in [1.82, 2.24) is 10.2 Å². The molecule has 0 aliphatic heterocycles. The second-order valence-electron chi connectivity index (χ2n) is 6.57. The first-order chi connectivity index (χ1) is 10.2. The topological polar surface area (TPSA) is 61.4 Å². The Morgan fingerprint density at radius 1 is 1.05 bits per heavy atom. The third-order valence-corrected chi connectivity index (χ3v) is 2.99. The second kappa shape index (κ2) is 7.94. The van der Waals surface area contributed by atoms with Gasteiger partial charge in [-0.15, -0.1) is 0 Å². The third kappa shape index (κ3) is 7.22. The number of carbonyl (C=O) groups is 2. The van der Waals surface area contributed by atoms with E-state index in [-0.39, 0.29) is 30.4 Å². The van der Waals surface area contributed by atoms with Gasteiger partial charge in [0.1, 0.15) is 0 Å². The van der Waals surface area contributed by atoms with Crippen LogP contribution < -0.4 is 10.6 Å². The number of aryl methyl sites for hydroxylation is 1. The van der Waals surface area contributed by atoms with Gasteiger partial charge >= 0.3 is 0 Å². The summed E-state index contributed by atoms with van der Waals surface area (Å²) in [5.74, 6) is -0.217. The number of likely N-dealkylation sites (N-methyl/N-ethyl adjacent to an activating group) is 1. The molecular weight excluding hydrogens is 278 g/mol. The standard InChI is InChI=1S/C17H27N3O2/c1-6-13-7-9-14(10-8-13)18-15(21)11-20(5)12-16(22)19-17(2,3)4/h7-10H,6,11-12H2,1-5H3,(H,18,21)(H,19,22). The highest BCUT2D eigenvalue weighted by Gasteiger charge is 2.16. The lowest BCUT2D eigenvalue weighted by Crippen LogP contribution is -2.46. The van der Waals surface area contributed by atoms with Crippen LogP contribution in [-0.4, -0.2) is 42.4 Å². The first-order valence-electron chi connectivity index (χ1n) is 7.58. The smallest absolute Gasteiger partial charge is 0.238 e. The molecule has 5 nitrogen and oxygen atoms in total. The van der Waals surface area contributed by atoms with Crippen molar-refractivity contribution in [3.8, 4) is 0 Å². The Labute approximate surface area is 133 Å². The summed E-state index contributed by atoms with van der Waals surface area (Å²) in [5.41, 5.74) is 1.74. The second-order valence-corrected chi connectivity index (χ2v) is 6.57. The molecule has 0 aromatic heterocycles. The summed E-state index contributed by atoms with van der Waals surface area (Å²) in [6.45, 7) is 8.24. The van der Waals surface area contributed by atoms with Crippen molar-refractivity contribution in [3.05, 3.63) is 29.8 Å². The molecule has 2 N–H and O–H groups in total. The van der Waals surface area contributed by atoms with E-state index in [9.17, 15) is 9.59 Å². The molecule has 0 aliphatic rings. The minimum Gasteiger partial charge on any atom is -0.350 e. The minimum absolute atomic E-state index is 0.0879. The van der Waals surface area contributed by atoms with Crippen LogP contribution in [0.3, 0.4) is 0 Å². The number of nitrogens with one attached hydrogen (secondary N) is 2. The summed E-state index contributed by atoms with van der Waals surface area (Å²) < 4.78 is 0. The molecule has 0 spiro atoms. The quantitative estimate of drug-likeness (QED) is 0.845. The van der Waals surface area contributed by atoms with Crippen LogP contribution in [0.2, 0.25) is 0 Å². The molecule has 0 saturated heterocycles. The Bertz CT molecular complexity index is 504. The van der Waals surface area contributed by atoms with Gasteiger partial charge in [0.2, 0.25) is 11.8 Å². The van der Waals surface area contributed by atoms with Gasteiger partial charge in [-0.2, -0.15) is 0 Å². The summed E-state index contributed by atoms with van der Waals surface area (Å²) in [7, 11) is 1.75. The number of carbonyl (C=O) groups excluding carboxylic acids is 2. The first kappa shape index (κ1) is 18.2. The van der Waals surface area contributed by atoms with E-state index in [0.29, 0.717) is 0 Å². The van der Waals surface area contributed by atoms with Crippen molar-refractivity contribution in [3.63, 3.8) is 0 Å². The van der Waals surface area contributed by atoms with E-state index in [0.717, 1.165) is 12.1 Å². The molecule has 0 heterocycles.